The van der Waals surface area contributed by atoms with Crippen LogP contribution >= 0.6 is 11.6 Å². The Labute approximate surface area is 170 Å². The third-order valence-electron chi connectivity index (χ3n) is 5.43. The zero-order chi connectivity index (χ0) is 19.5. The molecule has 0 saturated carbocycles. The summed E-state index contributed by atoms with van der Waals surface area (Å²) in [5.74, 6) is 0.930. The van der Waals surface area contributed by atoms with Crippen molar-refractivity contribution in [1.82, 2.24) is 15.5 Å². The highest BCUT2D eigenvalue weighted by molar-refractivity contribution is 6.31. The fourth-order valence-electron chi connectivity index (χ4n) is 3.95. The molecule has 6 nitrogen and oxygen atoms in total. The first-order valence-electron chi connectivity index (χ1n) is 9.57. The van der Waals surface area contributed by atoms with Crippen LogP contribution in [0.25, 0.3) is 0 Å². The van der Waals surface area contributed by atoms with E-state index < -0.39 is 0 Å². The van der Waals surface area contributed by atoms with E-state index >= 15 is 0 Å². The lowest BCUT2D eigenvalue weighted by Crippen LogP contribution is -2.64. The van der Waals surface area contributed by atoms with Crippen molar-refractivity contribution in [3.05, 3.63) is 59.1 Å². The minimum Gasteiger partial charge on any atom is -0.495 e. The van der Waals surface area contributed by atoms with Crippen molar-refractivity contribution in [2.75, 3.05) is 38.2 Å². The molecule has 0 bridgehead atoms. The predicted octanol–water partition coefficient (Wildman–Crippen LogP) is 2.61. The third kappa shape index (κ3) is 3.94. The fourth-order valence-corrected chi connectivity index (χ4v) is 4.22. The topological polar surface area (TPSA) is 56.8 Å². The fraction of sp³-hybridized carbons (Fsp3) is 0.381. The maximum absolute atomic E-state index is 12.3. The van der Waals surface area contributed by atoms with Crippen LogP contribution in [-0.4, -0.2) is 50.4 Å². The molecule has 2 saturated heterocycles. The monoisotopic (exact) mass is 400 g/mol. The quantitative estimate of drug-likeness (QED) is 0.826. The Kier molecular flexibility index (Phi) is 5.71. The molecule has 148 valence electrons. The van der Waals surface area contributed by atoms with Crippen molar-refractivity contribution in [3.63, 3.8) is 0 Å². The normalized spacial score (nSPS) is 23.4. The zero-order valence-corrected chi connectivity index (χ0v) is 16.7. The van der Waals surface area contributed by atoms with E-state index in [0.717, 1.165) is 43.2 Å². The van der Waals surface area contributed by atoms with Gasteiger partial charge in [-0.3, -0.25) is 15.0 Å². The second kappa shape index (κ2) is 8.39. The average Bonchev–Trinajstić information content (AvgIpc) is 2.74. The highest BCUT2D eigenvalue weighted by Gasteiger charge is 2.33. The SMILES string of the molecule is COc1ccccc1N1CCN(C2NC(=O)CC(c3ccccc3Cl)N2)CC1. The Morgan fingerprint density at radius 1 is 1.04 bits per heavy atom. The number of carbonyl (C=O) groups excluding carboxylic acids is 1. The summed E-state index contributed by atoms with van der Waals surface area (Å²) >= 11 is 6.35. The van der Waals surface area contributed by atoms with E-state index in [1.54, 1.807) is 7.11 Å². The lowest BCUT2D eigenvalue weighted by molar-refractivity contribution is -0.127. The van der Waals surface area contributed by atoms with Crippen molar-refractivity contribution in [2.45, 2.75) is 18.8 Å². The van der Waals surface area contributed by atoms with E-state index in [1.807, 2.05) is 42.5 Å². The molecule has 0 aromatic heterocycles. The maximum Gasteiger partial charge on any atom is 0.224 e. The van der Waals surface area contributed by atoms with E-state index in [9.17, 15) is 4.79 Å². The number of nitrogens with zero attached hydrogens (tertiary/aromatic N) is 2. The van der Waals surface area contributed by atoms with Gasteiger partial charge in [-0.05, 0) is 23.8 Å². The maximum atomic E-state index is 12.3. The molecule has 2 atom stereocenters. The first kappa shape index (κ1) is 19.1. The van der Waals surface area contributed by atoms with Gasteiger partial charge in [0.15, 0.2) is 0 Å². The van der Waals surface area contributed by atoms with Gasteiger partial charge in [0.05, 0.1) is 12.8 Å². The number of anilines is 1. The molecule has 2 aliphatic rings. The van der Waals surface area contributed by atoms with Crippen LogP contribution in [0.4, 0.5) is 5.69 Å². The molecule has 2 aromatic rings. The van der Waals surface area contributed by atoms with Crippen LogP contribution in [0.2, 0.25) is 5.02 Å². The Hall–Kier alpha value is -2.28. The van der Waals surface area contributed by atoms with Crippen molar-refractivity contribution in [2.24, 2.45) is 0 Å². The summed E-state index contributed by atoms with van der Waals surface area (Å²) in [6.07, 6.45) is 0.198. The molecule has 2 aromatic carbocycles. The second-order valence-electron chi connectivity index (χ2n) is 7.11. The van der Waals surface area contributed by atoms with Crippen molar-refractivity contribution >= 4 is 23.2 Å². The van der Waals surface area contributed by atoms with Crippen molar-refractivity contribution in [3.8, 4) is 5.75 Å². The van der Waals surface area contributed by atoms with Gasteiger partial charge in [0.2, 0.25) is 5.91 Å². The molecule has 0 radical (unpaired) electrons. The first-order valence-corrected chi connectivity index (χ1v) is 9.95. The van der Waals surface area contributed by atoms with Gasteiger partial charge in [-0.2, -0.15) is 0 Å². The number of rotatable bonds is 4. The minimum absolute atomic E-state index is 0.0424. The van der Waals surface area contributed by atoms with Gasteiger partial charge in [-0.25, -0.2) is 0 Å². The zero-order valence-electron chi connectivity index (χ0n) is 15.9. The average molecular weight is 401 g/mol. The number of amides is 1. The summed E-state index contributed by atoms with van der Waals surface area (Å²) in [5, 5.41) is 7.32. The molecular formula is C21H25ClN4O2. The van der Waals surface area contributed by atoms with Gasteiger partial charge in [-0.1, -0.05) is 41.9 Å². The van der Waals surface area contributed by atoms with Gasteiger partial charge in [-0.15, -0.1) is 0 Å². The standard InChI is InChI=1S/C21H25ClN4O2/c1-28-19-9-5-4-8-18(19)25-10-12-26(13-11-25)21-23-17(14-20(27)24-21)15-6-2-3-7-16(15)22/h2-9,17,21,23H,10-14H2,1H3,(H,24,27). The molecule has 28 heavy (non-hydrogen) atoms. The van der Waals surface area contributed by atoms with Gasteiger partial charge < -0.3 is 15.0 Å². The number of hydrogen-bond acceptors (Lipinski definition) is 5. The number of para-hydroxylation sites is 2. The summed E-state index contributed by atoms with van der Waals surface area (Å²) in [7, 11) is 1.70. The smallest absolute Gasteiger partial charge is 0.224 e. The van der Waals surface area contributed by atoms with Crippen LogP contribution < -0.4 is 20.3 Å². The first-order chi connectivity index (χ1) is 13.7. The summed E-state index contributed by atoms with van der Waals surface area (Å²) in [5.41, 5.74) is 2.08. The van der Waals surface area contributed by atoms with Crippen LogP contribution in [0.15, 0.2) is 48.5 Å². The number of nitrogens with one attached hydrogen (secondary N) is 2. The Balaban J connectivity index is 1.43. The van der Waals surface area contributed by atoms with Crippen LogP contribution in [0.3, 0.4) is 0 Å². The number of halogens is 1. The highest BCUT2D eigenvalue weighted by atomic mass is 35.5. The predicted molar refractivity (Wildman–Crippen MR) is 111 cm³/mol. The highest BCUT2D eigenvalue weighted by Crippen LogP contribution is 2.30. The largest absolute Gasteiger partial charge is 0.495 e. The van der Waals surface area contributed by atoms with Crippen LogP contribution in [-0.2, 0) is 4.79 Å². The van der Waals surface area contributed by atoms with Gasteiger partial charge >= 0.3 is 0 Å². The van der Waals surface area contributed by atoms with Crippen LogP contribution in [0, 0.1) is 0 Å². The van der Waals surface area contributed by atoms with Crippen molar-refractivity contribution in [1.29, 1.82) is 0 Å². The van der Waals surface area contributed by atoms with Gasteiger partial charge in [0.1, 0.15) is 12.0 Å². The minimum atomic E-state index is -0.192. The molecule has 2 aliphatic heterocycles. The second-order valence-corrected chi connectivity index (χ2v) is 7.52. The molecule has 4 rings (SSSR count). The number of ether oxygens (including phenoxy) is 1. The Morgan fingerprint density at radius 2 is 1.75 bits per heavy atom. The van der Waals surface area contributed by atoms with Crippen molar-refractivity contribution < 1.29 is 9.53 Å². The van der Waals surface area contributed by atoms with Crippen LogP contribution in [0.1, 0.15) is 18.0 Å². The van der Waals surface area contributed by atoms with E-state index in [0.29, 0.717) is 11.4 Å². The van der Waals surface area contributed by atoms with Gasteiger partial charge in [0.25, 0.3) is 0 Å². The summed E-state index contributed by atoms with van der Waals surface area (Å²) < 4.78 is 5.49. The number of hydrogen-bond donors (Lipinski definition) is 2. The van der Waals surface area contributed by atoms with E-state index in [1.165, 1.54) is 0 Å². The summed E-state index contributed by atoms with van der Waals surface area (Å²) in [6.45, 7) is 3.41. The van der Waals surface area contributed by atoms with E-state index in [-0.39, 0.29) is 18.2 Å². The van der Waals surface area contributed by atoms with Crippen LogP contribution in [0.5, 0.6) is 5.75 Å². The third-order valence-corrected chi connectivity index (χ3v) is 5.78. The molecule has 2 fully saturated rings. The summed E-state index contributed by atoms with van der Waals surface area (Å²) in [6, 6.07) is 15.7. The van der Waals surface area contributed by atoms with Gasteiger partial charge in [0, 0.05) is 43.7 Å². The molecule has 2 unspecified atom stereocenters. The van der Waals surface area contributed by atoms with E-state index in [4.69, 9.17) is 16.3 Å². The Morgan fingerprint density at radius 3 is 2.50 bits per heavy atom. The lowest BCUT2D eigenvalue weighted by Gasteiger charge is -2.43. The molecule has 0 aliphatic carbocycles. The molecule has 2 N–H and O–H groups in total. The number of methoxy groups -OCH3 is 1. The van der Waals surface area contributed by atoms with E-state index in [2.05, 4.69) is 26.5 Å². The molecule has 2 heterocycles. The number of carbonyl (C=O) groups is 1. The lowest BCUT2D eigenvalue weighted by atomic mass is 10.0. The number of benzene rings is 2. The summed E-state index contributed by atoms with van der Waals surface area (Å²) in [4.78, 5) is 16.9. The molecular weight excluding hydrogens is 376 g/mol. The Bertz CT molecular complexity index is 839. The number of piperazine rings is 1. The molecule has 7 heteroatoms. The molecule has 0 spiro atoms. The molecule has 1 amide bonds.